The predicted octanol–water partition coefficient (Wildman–Crippen LogP) is 4.03. The fourth-order valence-corrected chi connectivity index (χ4v) is 5.09. The monoisotopic (exact) mass is 435 g/mol. The molecule has 0 aliphatic rings. The number of carbonyl (C=O) groups excluding carboxylic acids is 3. The standard InChI is InChI=1S/C18H17N3O4S3/c1-4-25-18(24)12-9(2)13(15(23)19-3)28-17(12)21-14(22)11-8-27-16(20-11)10-5-6-26-7-10/h5-8H,4H2,1-3H3,(H,19,23)(H,21,22). The Balaban J connectivity index is 1.91. The molecule has 0 aromatic carbocycles. The summed E-state index contributed by atoms with van der Waals surface area (Å²) in [6.07, 6.45) is 0. The Morgan fingerprint density at radius 1 is 1.21 bits per heavy atom. The number of rotatable bonds is 6. The van der Waals surface area contributed by atoms with Gasteiger partial charge in [-0.2, -0.15) is 11.3 Å². The maximum absolute atomic E-state index is 12.7. The molecule has 0 saturated heterocycles. The zero-order chi connectivity index (χ0) is 20.3. The number of amides is 2. The lowest BCUT2D eigenvalue weighted by molar-refractivity contribution is 0.0527. The number of aromatic nitrogens is 1. The van der Waals surface area contributed by atoms with Gasteiger partial charge in [0.1, 0.15) is 15.7 Å². The summed E-state index contributed by atoms with van der Waals surface area (Å²) in [5, 5.41) is 11.8. The highest BCUT2D eigenvalue weighted by atomic mass is 32.1. The van der Waals surface area contributed by atoms with E-state index in [2.05, 4.69) is 15.6 Å². The number of anilines is 1. The topological polar surface area (TPSA) is 97.4 Å². The molecule has 0 atom stereocenters. The van der Waals surface area contributed by atoms with Crippen molar-refractivity contribution in [3.05, 3.63) is 43.9 Å². The number of nitrogens with zero attached hydrogens (tertiary/aromatic N) is 1. The van der Waals surface area contributed by atoms with Gasteiger partial charge in [0.25, 0.3) is 11.8 Å². The van der Waals surface area contributed by atoms with Crippen LogP contribution in [-0.4, -0.2) is 36.4 Å². The smallest absolute Gasteiger partial charge is 0.341 e. The molecule has 3 heterocycles. The molecule has 3 aromatic heterocycles. The van der Waals surface area contributed by atoms with E-state index in [9.17, 15) is 14.4 Å². The van der Waals surface area contributed by atoms with Gasteiger partial charge in [0.2, 0.25) is 0 Å². The van der Waals surface area contributed by atoms with Crippen LogP contribution in [0.4, 0.5) is 5.00 Å². The second-order valence-corrected chi connectivity index (χ2v) is 8.22. The Morgan fingerprint density at radius 2 is 2.00 bits per heavy atom. The number of esters is 1. The third-order valence-electron chi connectivity index (χ3n) is 3.79. The molecule has 2 amide bonds. The molecule has 146 valence electrons. The van der Waals surface area contributed by atoms with E-state index in [1.165, 1.54) is 18.4 Å². The number of hydrogen-bond donors (Lipinski definition) is 2. The molecule has 0 aliphatic carbocycles. The summed E-state index contributed by atoms with van der Waals surface area (Å²) in [4.78, 5) is 41.9. The predicted molar refractivity (Wildman–Crippen MR) is 112 cm³/mol. The van der Waals surface area contributed by atoms with Crippen LogP contribution in [0, 0.1) is 6.92 Å². The maximum atomic E-state index is 12.7. The third-order valence-corrected chi connectivity index (χ3v) is 6.57. The second kappa shape index (κ2) is 8.63. The molecular formula is C18H17N3O4S3. The first-order valence-electron chi connectivity index (χ1n) is 8.28. The summed E-state index contributed by atoms with van der Waals surface area (Å²) in [5.74, 6) is -1.37. The van der Waals surface area contributed by atoms with Crippen LogP contribution >= 0.6 is 34.0 Å². The molecule has 2 N–H and O–H groups in total. The van der Waals surface area contributed by atoms with Crippen LogP contribution in [-0.2, 0) is 4.74 Å². The van der Waals surface area contributed by atoms with Crippen molar-refractivity contribution in [2.24, 2.45) is 0 Å². The first-order chi connectivity index (χ1) is 13.5. The van der Waals surface area contributed by atoms with E-state index in [1.54, 1.807) is 30.6 Å². The highest BCUT2D eigenvalue weighted by Gasteiger charge is 2.27. The summed E-state index contributed by atoms with van der Waals surface area (Å²) in [6, 6.07) is 1.93. The van der Waals surface area contributed by atoms with E-state index < -0.39 is 11.9 Å². The summed E-state index contributed by atoms with van der Waals surface area (Å²) in [5.41, 5.74) is 1.85. The molecule has 0 radical (unpaired) electrons. The average Bonchev–Trinajstić information content (AvgIpc) is 3.41. The Hall–Kier alpha value is -2.56. The Kier molecular flexibility index (Phi) is 6.22. The van der Waals surface area contributed by atoms with Crippen LogP contribution in [0.3, 0.4) is 0 Å². The highest BCUT2D eigenvalue weighted by Crippen LogP contribution is 2.34. The largest absolute Gasteiger partial charge is 0.462 e. The van der Waals surface area contributed by atoms with Crippen molar-refractivity contribution in [3.63, 3.8) is 0 Å². The molecule has 3 aromatic rings. The lowest BCUT2D eigenvalue weighted by Gasteiger charge is -2.06. The fraction of sp³-hybridized carbons (Fsp3) is 0.222. The van der Waals surface area contributed by atoms with E-state index in [0.29, 0.717) is 10.4 Å². The fourth-order valence-electron chi connectivity index (χ4n) is 2.44. The molecule has 28 heavy (non-hydrogen) atoms. The molecule has 7 nitrogen and oxygen atoms in total. The first kappa shape index (κ1) is 20.2. The highest BCUT2D eigenvalue weighted by molar-refractivity contribution is 7.19. The number of thiophene rings is 2. The van der Waals surface area contributed by atoms with Crippen LogP contribution in [0.25, 0.3) is 10.6 Å². The van der Waals surface area contributed by atoms with Gasteiger partial charge < -0.3 is 15.4 Å². The second-order valence-electron chi connectivity index (χ2n) is 5.56. The lowest BCUT2D eigenvalue weighted by Crippen LogP contribution is -2.18. The number of ether oxygens (including phenoxy) is 1. The number of carbonyl (C=O) groups is 3. The summed E-state index contributed by atoms with van der Waals surface area (Å²) in [7, 11) is 1.50. The molecule has 0 fully saturated rings. The quantitative estimate of drug-likeness (QED) is 0.570. The normalized spacial score (nSPS) is 10.5. The van der Waals surface area contributed by atoms with E-state index in [1.807, 2.05) is 16.8 Å². The van der Waals surface area contributed by atoms with Crippen LogP contribution in [0.5, 0.6) is 0 Å². The number of hydrogen-bond acceptors (Lipinski definition) is 8. The van der Waals surface area contributed by atoms with Gasteiger partial charge in [-0.3, -0.25) is 9.59 Å². The van der Waals surface area contributed by atoms with Gasteiger partial charge >= 0.3 is 5.97 Å². The van der Waals surface area contributed by atoms with Crippen LogP contribution in [0.2, 0.25) is 0 Å². The molecule has 0 unspecified atom stereocenters. The van der Waals surface area contributed by atoms with Gasteiger partial charge in [-0.1, -0.05) is 0 Å². The Bertz CT molecular complexity index is 1020. The van der Waals surface area contributed by atoms with Crippen molar-refractivity contribution < 1.29 is 19.1 Å². The maximum Gasteiger partial charge on any atom is 0.341 e. The number of nitrogens with one attached hydrogen (secondary N) is 2. The molecule has 0 bridgehead atoms. The van der Waals surface area contributed by atoms with Gasteiger partial charge in [-0.05, 0) is 30.9 Å². The zero-order valence-electron chi connectivity index (χ0n) is 15.3. The van der Waals surface area contributed by atoms with Crippen molar-refractivity contribution in [2.45, 2.75) is 13.8 Å². The minimum Gasteiger partial charge on any atom is -0.462 e. The molecule has 0 saturated carbocycles. The minimum absolute atomic E-state index is 0.187. The van der Waals surface area contributed by atoms with Gasteiger partial charge in [0.15, 0.2) is 0 Å². The molecule has 10 heteroatoms. The third kappa shape index (κ3) is 3.98. The van der Waals surface area contributed by atoms with E-state index >= 15 is 0 Å². The van der Waals surface area contributed by atoms with Crippen molar-refractivity contribution >= 4 is 56.8 Å². The van der Waals surface area contributed by atoms with Crippen molar-refractivity contribution in [1.29, 1.82) is 0 Å². The molecule has 3 rings (SSSR count). The molecule has 0 spiro atoms. The van der Waals surface area contributed by atoms with Crippen molar-refractivity contribution in [1.82, 2.24) is 10.3 Å². The summed E-state index contributed by atoms with van der Waals surface area (Å²) < 4.78 is 5.09. The van der Waals surface area contributed by atoms with Gasteiger partial charge in [0, 0.05) is 23.4 Å². The van der Waals surface area contributed by atoms with Crippen molar-refractivity contribution in [2.75, 3.05) is 19.0 Å². The molecular weight excluding hydrogens is 418 g/mol. The van der Waals surface area contributed by atoms with Crippen LogP contribution in [0.15, 0.2) is 22.2 Å². The van der Waals surface area contributed by atoms with E-state index in [-0.39, 0.29) is 28.8 Å². The van der Waals surface area contributed by atoms with E-state index in [0.717, 1.165) is 21.9 Å². The van der Waals surface area contributed by atoms with Crippen molar-refractivity contribution in [3.8, 4) is 10.6 Å². The Labute approximate surface area is 173 Å². The summed E-state index contributed by atoms with van der Waals surface area (Å²) >= 11 is 3.95. The number of thiazole rings is 1. The summed E-state index contributed by atoms with van der Waals surface area (Å²) in [6.45, 7) is 3.53. The first-order valence-corrected chi connectivity index (χ1v) is 10.9. The minimum atomic E-state index is -0.584. The van der Waals surface area contributed by atoms with Crippen LogP contribution in [0.1, 0.15) is 43.0 Å². The SMILES string of the molecule is CCOC(=O)c1c(NC(=O)c2csc(-c3ccsc3)n2)sc(C(=O)NC)c1C. The molecule has 0 aliphatic heterocycles. The zero-order valence-corrected chi connectivity index (χ0v) is 17.8. The van der Waals surface area contributed by atoms with Gasteiger partial charge in [-0.25, -0.2) is 9.78 Å². The Morgan fingerprint density at radius 3 is 2.64 bits per heavy atom. The van der Waals surface area contributed by atoms with E-state index in [4.69, 9.17) is 4.74 Å². The van der Waals surface area contributed by atoms with Crippen LogP contribution < -0.4 is 10.6 Å². The lowest BCUT2D eigenvalue weighted by atomic mass is 10.1. The van der Waals surface area contributed by atoms with Gasteiger partial charge in [-0.15, -0.1) is 22.7 Å². The average molecular weight is 436 g/mol. The van der Waals surface area contributed by atoms with Gasteiger partial charge in [0.05, 0.1) is 17.0 Å².